The van der Waals surface area contributed by atoms with E-state index in [-0.39, 0.29) is 30.2 Å². The Bertz CT molecular complexity index is 1310. The number of carbonyl (C=O) groups is 2. The predicted octanol–water partition coefficient (Wildman–Crippen LogP) is 4.53. The summed E-state index contributed by atoms with van der Waals surface area (Å²) in [5, 5.41) is 31.5. The Morgan fingerprint density at radius 1 is 1.05 bits per heavy atom. The van der Waals surface area contributed by atoms with Gasteiger partial charge in [0.1, 0.15) is 5.75 Å². The van der Waals surface area contributed by atoms with E-state index in [1.165, 1.54) is 10.5 Å². The molecular formula is C34H42N2O5. The summed E-state index contributed by atoms with van der Waals surface area (Å²) >= 11 is 0. The zero-order valence-corrected chi connectivity index (χ0v) is 24.1. The van der Waals surface area contributed by atoms with Crippen molar-refractivity contribution < 1.29 is 24.9 Å². The summed E-state index contributed by atoms with van der Waals surface area (Å²) in [5.41, 5.74) is 4.84. The standard InChI is InChI=1S/C34H42N2O5/c1-22(17-25-9-6-10-27(38)19-25)11-12-30(39)31-23(2)18-28-32(29(31)21-37)34(41)36(33(28)40)26-13-15-35(16-14-26)20-24-7-4-3-5-8-24/h3-10,17,19,26,28-30,32,37-39H,11-16,18,20-21H2,1-2H3/b22-17+/t28-,29+,30-,32-/m1/s1. The Kier molecular flexibility index (Phi) is 9.07. The van der Waals surface area contributed by atoms with Crippen molar-refractivity contribution in [2.24, 2.45) is 17.8 Å². The smallest absolute Gasteiger partial charge is 0.234 e. The summed E-state index contributed by atoms with van der Waals surface area (Å²) in [4.78, 5) is 31.3. The van der Waals surface area contributed by atoms with Crippen molar-refractivity contribution in [2.75, 3.05) is 19.7 Å². The number of hydrogen-bond acceptors (Lipinski definition) is 6. The lowest BCUT2D eigenvalue weighted by atomic mass is 9.68. The van der Waals surface area contributed by atoms with Gasteiger partial charge < -0.3 is 15.3 Å². The second-order valence-electron chi connectivity index (χ2n) is 12.0. The molecule has 1 aliphatic carbocycles. The first-order chi connectivity index (χ1) is 19.8. The van der Waals surface area contributed by atoms with Crippen LogP contribution in [0.3, 0.4) is 0 Å². The van der Waals surface area contributed by atoms with Gasteiger partial charge in [0.2, 0.25) is 11.8 Å². The number of imide groups is 1. The Balaban J connectivity index is 1.24. The molecule has 0 spiro atoms. The number of piperidine rings is 1. The van der Waals surface area contributed by atoms with Gasteiger partial charge in [0.25, 0.3) is 0 Å². The van der Waals surface area contributed by atoms with Crippen LogP contribution < -0.4 is 0 Å². The number of aromatic hydroxyl groups is 1. The van der Waals surface area contributed by atoms with Gasteiger partial charge in [-0.05, 0) is 74.8 Å². The molecule has 3 N–H and O–H groups in total. The lowest BCUT2D eigenvalue weighted by Crippen LogP contribution is -2.47. The molecule has 218 valence electrons. The van der Waals surface area contributed by atoms with Gasteiger partial charge in [0.15, 0.2) is 0 Å². The number of likely N-dealkylation sites (tertiary alicyclic amines) is 2. The number of phenolic OH excluding ortho intramolecular Hbond substituents is 1. The maximum atomic E-state index is 13.8. The number of rotatable bonds is 9. The lowest BCUT2D eigenvalue weighted by molar-refractivity contribution is -0.144. The van der Waals surface area contributed by atoms with Gasteiger partial charge in [-0.3, -0.25) is 19.4 Å². The summed E-state index contributed by atoms with van der Waals surface area (Å²) < 4.78 is 0. The molecule has 0 unspecified atom stereocenters. The highest BCUT2D eigenvalue weighted by atomic mass is 16.3. The van der Waals surface area contributed by atoms with E-state index in [0.29, 0.717) is 19.3 Å². The number of hydrogen-bond donors (Lipinski definition) is 3. The molecule has 2 aromatic rings. The van der Waals surface area contributed by atoms with Crippen LogP contribution in [0.25, 0.3) is 6.08 Å². The molecule has 2 fully saturated rings. The molecule has 7 heteroatoms. The fourth-order valence-corrected chi connectivity index (χ4v) is 7.17. The number of benzene rings is 2. The Morgan fingerprint density at radius 3 is 2.46 bits per heavy atom. The fraction of sp³-hybridized carbons (Fsp3) is 0.471. The molecule has 7 nitrogen and oxygen atoms in total. The summed E-state index contributed by atoms with van der Waals surface area (Å²) in [6.07, 6.45) is 4.20. The van der Waals surface area contributed by atoms with E-state index >= 15 is 0 Å². The monoisotopic (exact) mass is 558 g/mol. The minimum absolute atomic E-state index is 0.113. The van der Waals surface area contributed by atoms with E-state index in [4.69, 9.17) is 0 Å². The molecule has 5 rings (SSSR count). The average molecular weight is 559 g/mol. The van der Waals surface area contributed by atoms with Crippen molar-refractivity contribution in [3.05, 3.63) is 82.4 Å². The Morgan fingerprint density at radius 2 is 1.78 bits per heavy atom. The summed E-state index contributed by atoms with van der Waals surface area (Å²) in [6, 6.07) is 17.2. The van der Waals surface area contributed by atoms with Gasteiger partial charge in [-0.15, -0.1) is 0 Å². The normalized spacial score (nSPS) is 25.1. The van der Waals surface area contributed by atoms with E-state index in [1.54, 1.807) is 18.2 Å². The third-order valence-corrected chi connectivity index (χ3v) is 9.18. The van der Waals surface area contributed by atoms with Crippen LogP contribution in [0.4, 0.5) is 0 Å². The fourth-order valence-electron chi connectivity index (χ4n) is 7.17. The third-order valence-electron chi connectivity index (χ3n) is 9.18. The molecule has 2 aliphatic heterocycles. The van der Waals surface area contributed by atoms with Crippen molar-refractivity contribution in [3.63, 3.8) is 0 Å². The van der Waals surface area contributed by atoms with Crippen LogP contribution in [-0.4, -0.2) is 68.8 Å². The molecule has 4 atom stereocenters. The number of nitrogens with zero attached hydrogens (tertiary/aromatic N) is 2. The quantitative estimate of drug-likeness (QED) is 0.309. The molecular weight excluding hydrogens is 516 g/mol. The molecule has 2 heterocycles. The van der Waals surface area contributed by atoms with Crippen LogP contribution in [0.15, 0.2) is 71.3 Å². The molecule has 41 heavy (non-hydrogen) atoms. The molecule has 0 bridgehead atoms. The summed E-state index contributed by atoms with van der Waals surface area (Å²) in [5.74, 6) is -1.73. The van der Waals surface area contributed by atoms with Crippen LogP contribution in [-0.2, 0) is 16.1 Å². The molecule has 0 saturated carbocycles. The summed E-state index contributed by atoms with van der Waals surface area (Å²) in [6.45, 7) is 6.15. The number of amides is 2. The molecule has 2 saturated heterocycles. The number of fused-ring (bicyclic) bond motifs is 1. The van der Waals surface area contributed by atoms with Crippen molar-refractivity contribution in [3.8, 4) is 5.75 Å². The number of aliphatic hydroxyl groups is 2. The number of phenols is 1. The number of allylic oxidation sites excluding steroid dienone is 2. The van der Waals surface area contributed by atoms with Crippen LogP contribution >= 0.6 is 0 Å². The molecule has 0 aromatic heterocycles. The van der Waals surface area contributed by atoms with Gasteiger partial charge >= 0.3 is 0 Å². The second kappa shape index (κ2) is 12.7. The highest BCUT2D eigenvalue weighted by Crippen LogP contribution is 2.47. The topological polar surface area (TPSA) is 101 Å². The average Bonchev–Trinajstić information content (AvgIpc) is 3.21. The maximum absolute atomic E-state index is 13.8. The van der Waals surface area contributed by atoms with E-state index in [2.05, 4.69) is 17.0 Å². The van der Waals surface area contributed by atoms with E-state index in [9.17, 15) is 24.9 Å². The SMILES string of the molecule is CC1=C([C@H](O)CC/C(C)=C/c2cccc(O)c2)[C@H](CO)[C@@H]2C(=O)N(C3CCN(Cc4ccccc4)CC3)C(=O)[C@@H]2C1. The maximum Gasteiger partial charge on any atom is 0.234 e. The van der Waals surface area contributed by atoms with E-state index < -0.39 is 23.9 Å². The number of aliphatic hydroxyl groups excluding tert-OH is 2. The third kappa shape index (κ3) is 6.32. The summed E-state index contributed by atoms with van der Waals surface area (Å²) in [7, 11) is 0. The zero-order chi connectivity index (χ0) is 29.1. The predicted molar refractivity (Wildman–Crippen MR) is 158 cm³/mol. The van der Waals surface area contributed by atoms with Crippen molar-refractivity contribution >= 4 is 17.9 Å². The van der Waals surface area contributed by atoms with Crippen LogP contribution in [0.1, 0.15) is 57.1 Å². The minimum Gasteiger partial charge on any atom is -0.508 e. The van der Waals surface area contributed by atoms with Crippen LogP contribution in [0.5, 0.6) is 5.75 Å². The van der Waals surface area contributed by atoms with Gasteiger partial charge in [-0.25, -0.2) is 0 Å². The largest absolute Gasteiger partial charge is 0.508 e. The lowest BCUT2D eigenvalue weighted by Gasteiger charge is -2.36. The Hall–Kier alpha value is -3.26. The van der Waals surface area contributed by atoms with Crippen LogP contribution in [0, 0.1) is 17.8 Å². The molecule has 3 aliphatic rings. The zero-order valence-electron chi connectivity index (χ0n) is 24.1. The van der Waals surface area contributed by atoms with Crippen LogP contribution in [0.2, 0.25) is 0 Å². The van der Waals surface area contributed by atoms with Crippen molar-refractivity contribution in [1.29, 1.82) is 0 Å². The first-order valence-corrected chi connectivity index (χ1v) is 14.8. The van der Waals surface area contributed by atoms with E-state index in [0.717, 1.165) is 54.8 Å². The van der Waals surface area contributed by atoms with Gasteiger partial charge in [0.05, 0.1) is 24.5 Å². The van der Waals surface area contributed by atoms with E-state index in [1.807, 2.05) is 44.2 Å². The van der Waals surface area contributed by atoms with Gasteiger partial charge in [-0.2, -0.15) is 0 Å². The van der Waals surface area contributed by atoms with Crippen molar-refractivity contribution in [1.82, 2.24) is 9.80 Å². The minimum atomic E-state index is -0.807. The van der Waals surface area contributed by atoms with Gasteiger partial charge in [-0.1, -0.05) is 59.7 Å². The second-order valence-corrected chi connectivity index (χ2v) is 12.0. The molecule has 2 aromatic carbocycles. The highest BCUT2D eigenvalue weighted by Gasteiger charge is 2.56. The molecule has 0 radical (unpaired) electrons. The van der Waals surface area contributed by atoms with Crippen molar-refractivity contribution in [2.45, 2.75) is 64.6 Å². The number of carbonyl (C=O) groups excluding carboxylic acids is 2. The first-order valence-electron chi connectivity index (χ1n) is 14.8. The Labute approximate surface area is 242 Å². The highest BCUT2D eigenvalue weighted by molar-refractivity contribution is 6.06. The molecule has 2 amide bonds. The van der Waals surface area contributed by atoms with Gasteiger partial charge in [0, 0.05) is 31.6 Å². The first kappa shape index (κ1) is 29.2.